The van der Waals surface area contributed by atoms with E-state index < -0.39 is 0 Å². The standard InChI is InChI=1S/C18H28NO4/c1-15(2)14-23-17-6-4-16(5-7-17)18(20)22-13-10-19(3)8-11-21-12-9-19/h4-7,15H,8-14H2,1-3H3/q+1. The van der Waals surface area contributed by atoms with Gasteiger partial charge in [-0.3, -0.25) is 0 Å². The SMILES string of the molecule is CC(C)COc1ccc(C(=O)OCC[N+]2(C)CCOCC2)cc1. The van der Waals surface area contributed by atoms with Gasteiger partial charge in [0.25, 0.3) is 0 Å². The van der Waals surface area contributed by atoms with Crippen LogP contribution < -0.4 is 4.74 Å². The molecule has 0 atom stereocenters. The van der Waals surface area contributed by atoms with Gasteiger partial charge in [-0.05, 0) is 30.2 Å². The second-order valence-corrected chi connectivity index (χ2v) is 6.77. The number of hydrogen-bond acceptors (Lipinski definition) is 4. The summed E-state index contributed by atoms with van der Waals surface area (Å²) in [6, 6.07) is 7.13. The summed E-state index contributed by atoms with van der Waals surface area (Å²) in [5.41, 5.74) is 0.562. The number of carbonyl (C=O) groups excluding carboxylic acids is 1. The Bertz CT molecular complexity index is 492. The van der Waals surface area contributed by atoms with E-state index in [0.717, 1.165) is 43.1 Å². The van der Waals surface area contributed by atoms with Gasteiger partial charge in [-0.2, -0.15) is 0 Å². The second kappa shape index (κ2) is 8.31. The lowest BCUT2D eigenvalue weighted by Crippen LogP contribution is -2.53. The number of esters is 1. The largest absolute Gasteiger partial charge is 0.493 e. The number of likely N-dealkylation sites (N-methyl/N-ethyl adjacent to an activating group) is 1. The fourth-order valence-corrected chi connectivity index (χ4v) is 2.40. The summed E-state index contributed by atoms with van der Waals surface area (Å²) in [4.78, 5) is 12.1. The van der Waals surface area contributed by atoms with Gasteiger partial charge in [0.15, 0.2) is 0 Å². The molecule has 0 unspecified atom stereocenters. The Kier molecular flexibility index (Phi) is 6.42. The van der Waals surface area contributed by atoms with Crippen LogP contribution in [0.3, 0.4) is 0 Å². The van der Waals surface area contributed by atoms with Gasteiger partial charge < -0.3 is 18.7 Å². The molecule has 5 nitrogen and oxygen atoms in total. The van der Waals surface area contributed by atoms with Crippen LogP contribution in [0.1, 0.15) is 24.2 Å². The van der Waals surface area contributed by atoms with Gasteiger partial charge in [-0.1, -0.05) is 13.8 Å². The summed E-state index contributed by atoms with van der Waals surface area (Å²) in [6.07, 6.45) is 0. The number of ether oxygens (including phenoxy) is 3. The highest BCUT2D eigenvalue weighted by Crippen LogP contribution is 2.14. The van der Waals surface area contributed by atoms with Gasteiger partial charge >= 0.3 is 5.97 Å². The van der Waals surface area contributed by atoms with Crippen molar-refractivity contribution in [3.05, 3.63) is 29.8 Å². The summed E-state index contributed by atoms with van der Waals surface area (Å²) in [6.45, 7) is 9.63. The third-order valence-corrected chi connectivity index (χ3v) is 4.09. The molecule has 0 aromatic heterocycles. The molecular weight excluding hydrogens is 294 g/mol. The van der Waals surface area contributed by atoms with Gasteiger partial charge in [0.05, 0.1) is 32.4 Å². The number of carbonyl (C=O) groups is 1. The van der Waals surface area contributed by atoms with Crippen molar-refractivity contribution in [3.63, 3.8) is 0 Å². The third kappa shape index (κ3) is 5.84. The third-order valence-electron chi connectivity index (χ3n) is 4.09. The fourth-order valence-electron chi connectivity index (χ4n) is 2.40. The molecule has 128 valence electrons. The van der Waals surface area contributed by atoms with E-state index in [1.807, 2.05) is 12.1 Å². The average molecular weight is 322 g/mol. The first-order valence-electron chi connectivity index (χ1n) is 8.30. The topological polar surface area (TPSA) is 44.8 Å². The summed E-state index contributed by atoms with van der Waals surface area (Å²) in [5, 5.41) is 0. The van der Waals surface area contributed by atoms with E-state index in [4.69, 9.17) is 14.2 Å². The van der Waals surface area contributed by atoms with Crippen LogP contribution in [0, 0.1) is 5.92 Å². The molecule has 1 aromatic carbocycles. The van der Waals surface area contributed by atoms with Crippen molar-refractivity contribution in [1.29, 1.82) is 0 Å². The average Bonchev–Trinajstić information content (AvgIpc) is 2.54. The van der Waals surface area contributed by atoms with E-state index in [1.54, 1.807) is 12.1 Å². The minimum Gasteiger partial charge on any atom is -0.493 e. The van der Waals surface area contributed by atoms with E-state index in [0.29, 0.717) is 24.7 Å². The lowest BCUT2D eigenvalue weighted by atomic mass is 10.2. The molecule has 5 heteroatoms. The van der Waals surface area contributed by atoms with Crippen LogP contribution in [0.15, 0.2) is 24.3 Å². The Labute approximate surface area is 138 Å². The molecule has 1 heterocycles. The number of benzene rings is 1. The maximum atomic E-state index is 12.1. The highest BCUT2D eigenvalue weighted by Gasteiger charge is 2.25. The number of quaternary nitrogens is 1. The van der Waals surface area contributed by atoms with E-state index in [9.17, 15) is 4.79 Å². The van der Waals surface area contributed by atoms with Crippen molar-refractivity contribution in [3.8, 4) is 5.75 Å². The van der Waals surface area contributed by atoms with Crippen LogP contribution >= 0.6 is 0 Å². The highest BCUT2D eigenvalue weighted by atomic mass is 16.5. The highest BCUT2D eigenvalue weighted by molar-refractivity contribution is 5.89. The van der Waals surface area contributed by atoms with Gasteiger partial charge in [-0.25, -0.2) is 4.79 Å². The molecule has 0 N–H and O–H groups in total. The van der Waals surface area contributed by atoms with Crippen LogP contribution in [-0.2, 0) is 9.47 Å². The monoisotopic (exact) mass is 322 g/mol. The molecule has 0 amide bonds. The van der Waals surface area contributed by atoms with E-state index >= 15 is 0 Å². The van der Waals surface area contributed by atoms with E-state index in [2.05, 4.69) is 20.9 Å². The van der Waals surface area contributed by atoms with E-state index in [-0.39, 0.29) is 5.97 Å². The zero-order valence-corrected chi connectivity index (χ0v) is 14.4. The molecule has 0 aliphatic carbocycles. The molecule has 23 heavy (non-hydrogen) atoms. The number of morpholine rings is 1. The van der Waals surface area contributed by atoms with Crippen LogP contribution in [0.4, 0.5) is 0 Å². The van der Waals surface area contributed by atoms with Crippen LogP contribution in [-0.4, -0.2) is 63.6 Å². The van der Waals surface area contributed by atoms with Crippen molar-refractivity contribution < 1.29 is 23.5 Å². The quantitative estimate of drug-likeness (QED) is 0.571. The maximum absolute atomic E-state index is 12.1. The molecular formula is C18H28NO4+. The molecule has 1 aliphatic heterocycles. The van der Waals surface area contributed by atoms with Crippen LogP contribution in [0.25, 0.3) is 0 Å². The minimum absolute atomic E-state index is 0.278. The predicted octanol–water partition coefficient (Wildman–Crippen LogP) is 2.36. The zero-order chi connectivity index (χ0) is 16.7. The lowest BCUT2D eigenvalue weighted by molar-refractivity contribution is -0.917. The molecule has 1 saturated heterocycles. The smallest absolute Gasteiger partial charge is 0.338 e. The Morgan fingerprint density at radius 3 is 2.48 bits per heavy atom. The van der Waals surface area contributed by atoms with Crippen molar-refractivity contribution in [2.24, 2.45) is 5.92 Å². The Hall–Kier alpha value is -1.59. The molecule has 1 aromatic rings. The molecule has 1 fully saturated rings. The predicted molar refractivity (Wildman–Crippen MR) is 88.7 cm³/mol. The number of rotatable bonds is 7. The molecule has 0 spiro atoms. The Morgan fingerprint density at radius 1 is 1.22 bits per heavy atom. The van der Waals surface area contributed by atoms with Crippen LogP contribution in [0.5, 0.6) is 5.75 Å². The Morgan fingerprint density at radius 2 is 1.87 bits per heavy atom. The summed E-state index contributed by atoms with van der Waals surface area (Å²) < 4.78 is 17.3. The summed E-state index contributed by atoms with van der Waals surface area (Å²) in [7, 11) is 2.18. The minimum atomic E-state index is -0.278. The maximum Gasteiger partial charge on any atom is 0.338 e. The number of hydrogen-bond donors (Lipinski definition) is 0. The van der Waals surface area contributed by atoms with Gasteiger partial charge in [0.2, 0.25) is 0 Å². The molecule has 2 rings (SSSR count). The second-order valence-electron chi connectivity index (χ2n) is 6.77. The summed E-state index contributed by atoms with van der Waals surface area (Å²) in [5.74, 6) is 0.978. The van der Waals surface area contributed by atoms with Gasteiger partial charge in [0, 0.05) is 0 Å². The molecule has 0 radical (unpaired) electrons. The normalized spacial score (nSPS) is 17.0. The summed E-state index contributed by atoms with van der Waals surface area (Å²) >= 11 is 0. The molecule has 0 bridgehead atoms. The first kappa shape index (κ1) is 17.8. The zero-order valence-electron chi connectivity index (χ0n) is 14.4. The van der Waals surface area contributed by atoms with Crippen LogP contribution in [0.2, 0.25) is 0 Å². The lowest BCUT2D eigenvalue weighted by Gasteiger charge is -2.37. The van der Waals surface area contributed by atoms with Crippen molar-refractivity contribution >= 4 is 5.97 Å². The van der Waals surface area contributed by atoms with Gasteiger partial charge in [-0.15, -0.1) is 0 Å². The molecule has 0 saturated carbocycles. The Balaban J connectivity index is 1.76. The first-order chi connectivity index (χ1) is 11.0. The van der Waals surface area contributed by atoms with Crippen molar-refractivity contribution in [2.75, 3.05) is 53.1 Å². The van der Waals surface area contributed by atoms with Crippen molar-refractivity contribution in [1.82, 2.24) is 0 Å². The van der Waals surface area contributed by atoms with Crippen molar-refractivity contribution in [2.45, 2.75) is 13.8 Å². The number of nitrogens with zero attached hydrogens (tertiary/aromatic N) is 1. The molecule has 1 aliphatic rings. The van der Waals surface area contributed by atoms with Gasteiger partial charge in [0.1, 0.15) is 32.0 Å². The first-order valence-corrected chi connectivity index (χ1v) is 8.30. The van der Waals surface area contributed by atoms with E-state index in [1.165, 1.54) is 0 Å². The fraction of sp³-hybridized carbons (Fsp3) is 0.611.